The fourth-order valence-corrected chi connectivity index (χ4v) is 3.81. The molecule has 1 aliphatic rings. The second-order valence-electron chi connectivity index (χ2n) is 10.7. The molecule has 0 aliphatic carbocycles. The Morgan fingerprint density at radius 1 is 1.03 bits per heavy atom. The van der Waals surface area contributed by atoms with E-state index in [2.05, 4.69) is 0 Å². The number of nitrogens with zero attached hydrogens (tertiary/aromatic N) is 1. The Labute approximate surface area is 209 Å². The van der Waals surface area contributed by atoms with E-state index in [0.29, 0.717) is 6.61 Å². The molecule has 1 N–H and O–H groups in total. The van der Waals surface area contributed by atoms with Gasteiger partial charge in [0.2, 0.25) is 0 Å². The summed E-state index contributed by atoms with van der Waals surface area (Å²) in [6.45, 7) is 13.5. The molecule has 1 aromatic rings. The van der Waals surface area contributed by atoms with Crippen molar-refractivity contribution >= 4 is 5.97 Å². The van der Waals surface area contributed by atoms with Crippen LogP contribution in [0.15, 0.2) is 24.3 Å². The number of hydrogen-bond donors (Lipinski definition) is 1. The van der Waals surface area contributed by atoms with Gasteiger partial charge in [0.15, 0.2) is 6.29 Å². The fourth-order valence-electron chi connectivity index (χ4n) is 3.81. The van der Waals surface area contributed by atoms with E-state index in [-0.39, 0.29) is 19.2 Å². The summed E-state index contributed by atoms with van der Waals surface area (Å²) in [4.78, 5) is 12.5. The van der Waals surface area contributed by atoms with Crippen molar-refractivity contribution in [3.05, 3.63) is 29.8 Å². The average Bonchev–Trinajstić information content (AvgIpc) is 2.80. The molecule has 0 bridgehead atoms. The lowest BCUT2D eigenvalue weighted by Gasteiger charge is -2.50. The summed E-state index contributed by atoms with van der Waals surface area (Å²) in [7, 11) is 3.13. The number of hydrogen-bond acceptors (Lipinski definition) is 9. The Balaban J connectivity index is 2.40. The Hall–Kier alpha value is -1.75. The highest BCUT2D eigenvalue weighted by Gasteiger charge is 2.52. The van der Waals surface area contributed by atoms with Crippen LogP contribution in [-0.4, -0.2) is 79.9 Å². The zero-order chi connectivity index (χ0) is 26.4. The SMILES string of the molecule is CCO[C@@H]1[C@@H](OC)O[C@H](COC(=O)C(C)(C)C)[C@@H](OCc2ccc(OC)cc2)[C@H]1N(O)C(C)(C)C. The van der Waals surface area contributed by atoms with Gasteiger partial charge in [-0.15, -0.1) is 0 Å². The first-order chi connectivity index (χ1) is 16.3. The van der Waals surface area contributed by atoms with E-state index in [4.69, 9.17) is 28.4 Å². The van der Waals surface area contributed by atoms with Gasteiger partial charge < -0.3 is 33.6 Å². The predicted molar refractivity (Wildman–Crippen MR) is 130 cm³/mol. The summed E-state index contributed by atoms with van der Waals surface area (Å²) in [5, 5.41) is 12.6. The van der Waals surface area contributed by atoms with Crippen molar-refractivity contribution in [1.29, 1.82) is 0 Å². The molecular weight excluding hydrogens is 454 g/mol. The van der Waals surface area contributed by atoms with Crippen molar-refractivity contribution in [3.63, 3.8) is 0 Å². The van der Waals surface area contributed by atoms with Gasteiger partial charge in [-0.1, -0.05) is 12.1 Å². The molecule has 1 fully saturated rings. The normalized spacial score (nSPS) is 25.5. The molecule has 2 rings (SSSR count). The van der Waals surface area contributed by atoms with E-state index >= 15 is 0 Å². The molecule has 35 heavy (non-hydrogen) atoms. The molecule has 1 aliphatic heterocycles. The van der Waals surface area contributed by atoms with Gasteiger partial charge in [0.05, 0.1) is 25.2 Å². The Morgan fingerprint density at radius 2 is 1.66 bits per heavy atom. The maximum atomic E-state index is 12.5. The number of esters is 1. The maximum Gasteiger partial charge on any atom is 0.311 e. The average molecular weight is 498 g/mol. The van der Waals surface area contributed by atoms with Gasteiger partial charge in [-0.25, -0.2) is 0 Å². The molecule has 1 heterocycles. The minimum Gasteiger partial charge on any atom is -0.497 e. The van der Waals surface area contributed by atoms with Crippen molar-refractivity contribution < 1.29 is 38.4 Å². The highest BCUT2D eigenvalue weighted by molar-refractivity contribution is 5.75. The van der Waals surface area contributed by atoms with Crippen LogP contribution in [0, 0.1) is 5.41 Å². The third-order valence-corrected chi connectivity index (χ3v) is 5.77. The molecule has 9 nitrogen and oxygen atoms in total. The predicted octanol–water partition coefficient (Wildman–Crippen LogP) is 3.80. The highest BCUT2D eigenvalue weighted by Crippen LogP contribution is 2.33. The minimum absolute atomic E-state index is 0.0590. The zero-order valence-electron chi connectivity index (χ0n) is 22.6. The van der Waals surface area contributed by atoms with Crippen LogP contribution in [0.1, 0.15) is 54.0 Å². The summed E-state index contributed by atoms with van der Waals surface area (Å²) in [5.41, 5.74) is -0.391. The molecule has 0 spiro atoms. The number of carbonyl (C=O) groups is 1. The molecule has 0 amide bonds. The van der Waals surface area contributed by atoms with E-state index in [1.165, 1.54) is 12.2 Å². The quantitative estimate of drug-likeness (QED) is 0.382. The fraction of sp³-hybridized carbons (Fsp3) is 0.731. The van der Waals surface area contributed by atoms with Crippen LogP contribution in [0.5, 0.6) is 5.75 Å². The van der Waals surface area contributed by atoms with Crippen LogP contribution < -0.4 is 4.74 Å². The lowest BCUT2D eigenvalue weighted by molar-refractivity contribution is -0.339. The molecule has 1 saturated heterocycles. The topological polar surface area (TPSA) is 95.9 Å². The molecular formula is C26H43NO8. The number of carbonyl (C=O) groups excluding carboxylic acids is 1. The molecule has 5 atom stereocenters. The van der Waals surface area contributed by atoms with E-state index in [9.17, 15) is 10.0 Å². The van der Waals surface area contributed by atoms with Gasteiger partial charge in [-0.2, -0.15) is 5.06 Å². The van der Waals surface area contributed by atoms with Gasteiger partial charge in [0.25, 0.3) is 0 Å². The van der Waals surface area contributed by atoms with Crippen LogP contribution in [0.3, 0.4) is 0 Å². The summed E-state index contributed by atoms with van der Waals surface area (Å²) in [6, 6.07) is 6.86. The number of hydroxylamine groups is 2. The van der Waals surface area contributed by atoms with Crippen molar-refractivity contribution in [2.75, 3.05) is 27.4 Å². The Morgan fingerprint density at radius 3 is 2.14 bits per heavy atom. The van der Waals surface area contributed by atoms with Gasteiger partial charge in [-0.3, -0.25) is 4.79 Å². The van der Waals surface area contributed by atoms with Crippen LogP contribution in [0.2, 0.25) is 0 Å². The third kappa shape index (κ3) is 7.87. The molecule has 0 radical (unpaired) electrons. The lowest BCUT2D eigenvalue weighted by Crippen LogP contribution is -2.68. The van der Waals surface area contributed by atoms with E-state index in [0.717, 1.165) is 11.3 Å². The van der Waals surface area contributed by atoms with Crippen LogP contribution >= 0.6 is 0 Å². The summed E-state index contributed by atoms with van der Waals surface area (Å²) < 4.78 is 35.0. The summed E-state index contributed by atoms with van der Waals surface area (Å²) in [5.74, 6) is 0.386. The second-order valence-corrected chi connectivity index (χ2v) is 10.7. The number of benzene rings is 1. The number of ether oxygens (including phenoxy) is 6. The van der Waals surface area contributed by atoms with E-state index in [1.807, 2.05) is 52.0 Å². The molecule has 0 saturated carbocycles. The first kappa shape index (κ1) is 29.5. The number of rotatable bonds is 10. The van der Waals surface area contributed by atoms with Crippen molar-refractivity contribution in [2.24, 2.45) is 5.41 Å². The smallest absolute Gasteiger partial charge is 0.311 e. The second kappa shape index (κ2) is 12.5. The zero-order valence-corrected chi connectivity index (χ0v) is 22.6. The van der Waals surface area contributed by atoms with Crippen molar-refractivity contribution in [3.8, 4) is 5.75 Å². The van der Waals surface area contributed by atoms with Crippen LogP contribution in [-0.2, 0) is 35.1 Å². The summed E-state index contributed by atoms with van der Waals surface area (Å²) >= 11 is 0. The monoisotopic (exact) mass is 497 g/mol. The van der Waals surface area contributed by atoms with Crippen LogP contribution in [0.25, 0.3) is 0 Å². The molecule has 0 unspecified atom stereocenters. The maximum absolute atomic E-state index is 12.5. The van der Waals surface area contributed by atoms with Gasteiger partial charge in [0, 0.05) is 19.3 Å². The van der Waals surface area contributed by atoms with Crippen molar-refractivity contribution in [1.82, 2.24) is 5.06 Å². The van der Waals surface area contributed by atoms with Gasteiger partial charge in [-0.05, 0) is 66.2 Å². The first-order valence-corrected chi connectivity index (χ1v) is 12.0. The number of methoxy groups -OCH3 is 2. The molecule has 200 valence electrons. The standard InChI is InChI=1S/C26H43NO8/c1-10-32-22-20(27(29)26(5,6)7)21(33-15-17-11-13-18(30-8)14-12-17)19(35-23(22)31-9)16-34-24(28)25(2,3)4/h11-14,19-23,29H,10,15-16H2,1-9H3/t19-,20-,21-,22+,23+/m1/s1. The van der Waals surface area contributed by atoms with E-state index in [1.54, 1.807) is 27.9 Å². The lowest BCUT2D eigenvalue weighted by atomic mass is 9.92. The Bertz CT molecular complexity index is 786. The van der Waals surface area contributed by atoms with Gasteiger partial charge >= 0.3 is 5.97 Å². The molecule has 9 heteroatoms. The molecule has 1 aromatic carbocycles. The first-order valence-electron chi connectivity index (χ1n) is 12.0. The van der Waals surface area contributed by atoms with Gasteiger partial charge in [0.1, 0.15) is 30.7 Å². The van der Waals surface area contributed by atoms with Crippen molar-refractivity contribution in [2.45, 2.75) is 91.3 Å². The van der Waals surface area contributed by atoms with E-state index < -0.39 is 41.6 Å². The molecule has 0 aromatic heterocycles. The third-order valence-electron chi connectivity index (χ3n) is 5.77. The van der Waals surface area contributed by atoms with Crippen LogP contribution in [0.4, 0.5) is 0 Å². The Kier molecular flexibility index (Phi) is 10.5. The largest absolute Gasteiger partial charge is 0.497 e. The minimum atomic E-state index is -0.795. The highest BCUT2D eigenvalue weighted by atomic mass is 16.7. The summed E-state index contributed by atoms with van der Waals surface area (Å²) in [6.07, 6.45) is -2.85.